The van der Waals surface area contributed by atoms with Gasteiger partial charge in [-0.1, -0.05) is 47.5 Å². The molecule has 2 heterocycles. The molecule has 1 saturated heterocycles. The summed E-state index contributed by atoms with van der Waals surface area (Å²) in [5.74, 6) is -0.451. The van der Waals surface area contributed by atoms with E-state index in [0.717, 1.165) is 48.2 Å². The predicted molar refractivity (Wildman–Crippen MR) is 128 cm³/mol. The maximum absolute atomic E-state index is 13.7. The van der Waals surface area contributed by atoms with Crippen molar-refractivity contribution in [3.8, 4) is 0 Å². The van der Waals surface area contributed by atoms with Crippen LogP contribution in [-0.2, 0) is 16.1 Å². The molecule has 6 heteroatoms. The average molecular weight is 452 g/mol. The Bertz CT molecular complexity index is 1070. The molecule has 0 aliphatic carbocycles. The van der Waals surface area contributed by atoms with E-state index in [1.807, 2.05) is 45.2 Å². The van der Waals surface area contributed by atoms with E-state index in [4.69, 9.17) is 11.6 Å². The zero-order valence-corrected chi connectivity index (χ0v) is 19.9. The first-order chi connectivity index (χ1) is 15.3. The van der Waals surface area contributed by atoms with Crippen LogP contribution in [-0.4, -0.2) is 59.7 Å². The number of carbonyl (C=O) groups is 2. The number of likely N-dealkylation sites (N-methyl/N-ethyl adjacent to an activating group) is 1. The molecule has 1 fully saturated rings. The molecular formula is C26H30ClN3O2. The summed E-state index contributed by atoms with van der Waals surface area (Å²) in [6.07, 6.45) is 1.94. The number of hydrogen-bond donors (Lipinski definition) is 0. The lowest BCUT2D eigenvalue weighted by atomic mass is 9.96. The van der Waals surface area contributed by atoms with Gasteiger partial charge in [0.05, 0.1) is 12.1 Å². The third kappa shape index (κ3) is 4.32. The van der Waals surface area contributed by atoms with Crippen molar-refractivity contribution in [2.24, 2.45) is 0 Å². The van der Waals surface area contributed by atoms with Gasteiger partial charge in [0.1, 0.15) is 5.70 Å². The van der Waals surface area contributed by atoms with Gasteiger partial charge < -0.3 is 9.80 Å². The summed E-state index contributed by atoms with van der Waals surface area (Å²) in [7, 11) is 4.08. The van der Waals surface area contributed by atoms with E-state index in [-0.39, 0.29) is 24.4 Å². The zero-order chi connectivity index (χ0) is 23.0. The van der Waals surface area contributed by atoms with Gasteiger partial charge in [-0.15, -0.1) is 0 Å². The van der Waals surface area contributed by atoms with Gasteiger partial charge in [0.15, 0.2) is 0 Å². The fourth-order valence-electron chi connectivity index (χ4n) is 4.71. The van der Waals surface area contributed by atoms with Gasteiger partial charge in [-0.2, -0.15) is 0 Å². The second kappa shape index (κ2) is 9.08. The molecule has 2 aromatic rings. The molecule has 0 aromatic heterocycles. The van der Waals surface area contributed by atoms with E-state index in [1.165, 1.54) is 4.90 Å². The summed E-state index contributed by atoms with van der Waals surface area (Å²) in [5.41, 5.74) is 4.88. The minimum absolute atomic E-state index is 0.221. The average Bonchev–Trinajstić information content (AvgIpc) is 3.00. The molecule has 2 aliphatic heterocycles. The van der Waals surface area contributed by atoms with Crippen molar-refractivity contribution >= 4 is 29.0 Å². The van der Waals surface area contributed by atoms with Crippen LogP contribution >= 0.6 is 11.6 Å². The van der Waals surface area contributed by atoms with Gasteiger partial charge in [0.25, 0.3) is 11.8 Å². The Morgan fingerprint density at radius 3 is 2.28 bits per heavy atom. The lowest BCUT2D eigenvalue weighted by Gasteiger charge is -2.36. The van der Waals surface area contributed by atoms with Crippen LogP contribution in [0.25, 0.3) is 5.57 Å². The van der Waals surface area contributed by atoms with Crippen LogP contribution in [0.1, 0.15) is 35.1 Å². The highest BCUT2D eigenvalue weighted by Crippen LogP contribution is 2.36. The molecule has 0 spiro atoms. The number of likely N-dealkylation sites (tertiary alicyclic amines) is 1. The lowest BCUT2D eigenvalue weighted by Crippen LogP contribution is -2.43. The first kappa shape index (κ1) is 22.6. The number of piperidine rings is 1. The monoisotopic (exact) mass is 451 g/mol. The van der Waals surface area contributed by atoms with Crippen LogP contribution in [0.15, 0.2) is 48.2 Å². The van der Waals surface area contributed by atoms with E-state index in [0.29, 0.717) is 16.3 Å². The summed E-state index contributed by atoms with van der Waals surface area (Å²) < 4.78 is 0. The van der Waals surface area contributed by atoms with Crippen molar-refractivity contribution in [1.82, 2.24) is 14.7 Å². The maximum Gasteiger partial charge on any atom is 0.278 e. The Hall–Kier alpha value is -2.63. The van der Waals surface area contributed by atoms with E-state index in [1.54, 1.807) is 12.1 Å². The fraction of sp³-hybridized carbons (Fsp3) is 0.385. The Morgan fingerprint density at radius 1 is 1.00 bits per heavy atom. The van der Waals surface area contributed by atoms with Gasteiger partial charge in [-0.3, -0.25) is 14.5 Å². The van der Waals surface area contributed by atoms with Crippen LogP contribution in [0.3, 0.4) is 0 Å². The van der Waals surface area contributed by atoms with Crippen molar-refractivity contribution < 1.29 is 9.59 Å². The predicted octanol–water partition coefficient (Wildman–Crippen LogP) is 4.26. The van der Waals surface area contributed by atoms with Crippen molar-refractivity contribution in [3.63, 3.8) is 0 Å². The molecule has 0 unspecified atom stereocenters. The normalized spacial score (nSPS) is 18.1. The minimum Gasteiger partial charge on any atom is -0.366 e. The Labute approximate surface area is 195 Å². The summed E-state index contributed by atoms with van der Waals surface area (Å²) in [4.78, 5) is 33.1. The summed E-state index contributed by atoms with van der Waals surface area (Å²) >= 11 is 6.01. The lowest BCUT2D eigenvalue weighted by molar-refractivity contribution is -0.138. The molecule has 2 aliphatic rings. The van der Waals surface area contributed by atoms with Crippen LogP contribution in [0.5, 0.6) is 0 Å². The SMILES string of the molecule is Cc1ccc(C2=C(N(C)C3CCN(C)CC3)C(=O)N(Cc3ccc(Cl)cc3)C2=O)c(C)c1. The quantitative estimate of drug-likeness (QED) is 0.637. The number of halogens is 1. The number of nitrogens with zero attached hydrogens (tertiary/aromatic N) is 3. The summed E-state index contributed by atoms with van der Waals surface area (Å²) in [6.45, 7) is 6.23. The maximum atomic E-state index is 13.7. The number of amides is 2. The number of carbonyl (C=O) groups excluding carboxylic acids is 2. The standard InChI is InChI=1S/C26H30ClN3O2/c1-17-5-10-22(18(2)15-17)23-24(29(4)21-11-13-28(3)14-12-21)26(32)30(25(23)31)16-19-6-8-20(27)9-7-19/h5-10,15,21H,11-14,16H2,1-4H3. The third-order valence-electron chi connectivity index (χ3n) is 6.64. The topological polar surface area (TPSA) is 43.9 Å². The summed E-state index contributed by atoms with van der Waals surface area (Å²) in [5, 5.41) is 0.629. The van der Waals surface area contributed by atoms with Gasteiger partial charge in [0.2, 0.25) is 0 Å². The first-order valence-electron chi connectivity index (χ1n) is 11.1. The van der Waals surface area contributed by atoms with Gasteiger partial charge in [0, 0.05) is 18.1 Å². The molecule has 5 nitrogen and oxygen atoms in total. The minimum atomic E-state index is -0.230. The smallest absolute Gasteiger partial charge is 0.278 e. The van der Waals surface area contributed by atoms with E-state index in [2.05, 4.69) is 22.9 Å². The van der Waals surface area contributed by atoms with Crippen molar-refractivity contribution in [2.75, 3.05) is 27.2 Å². The van der Waals surface area contributed by atoms with Gasteiger partial charge in [-0.25, -0.2) is 0 Å². The molecule has 0 N–H and O–H groups in total. The van der Waals surface area contributed by atoms with Crippen LogP contribution in [0.2, 0.25) is 5.02 Å². The molecule has 2 aromatic carbocycles. The largest absolute Gasteiger partial charge is 0.366 e. The van der Waals surface area contributed by atoms with Gasteiger partial charge in [-0.05, 0) is 75.6 Å². The molecule has 0 radical (unpaired) electrons. The Morgan fingerprint density at radius 2 is 1.66 bits per heavy atom. The van der Waals surface area contributed by atoms with E-state index < -0.39 is 0 Å². The molecule has 4 rings (SSSR count). The second-order valence-electron chi connectivity index (χ2n) is 9.01. The van der Waals surface area contributed by atoms with Crippen LogP contribution in [0.4, 0.5) is 0 Å². The Balaban J connectivity index is 1.74. The van der Waals surface area contributed by atoms with Gasteiger partial charge >= 0.3 is 0 Å². The van der Waals surface area contributed by atoms with Crippen LogP contribution < -0.4 is 0 Å². The van der Waals surface area contributed by atoms with Crippen molar-refractivity contribution in [2.45, 2.75) is 39.3 Å². The highest BCUT2D eigenvalue weighted by Gasteiger charge is 2.42. The highest BCUT2D eigenvalue weighted by atomic mass is 35.5. The third-order valence-corrected chi connectivity index (χ3v) is 6.89. The second-order valence-corrected chi connectivity index (χ2v) is 9.45. The fourth-order valence-corrected chi connectivity index (χ4v) is 4.83. The number of benzene rings is 2. The molecular weight excluding hydrogens is 422 g/mol. The molecule has 32 heavy (non-hydrogen) atoms. The Kier molecular flexibility index (Phi) is 6.40. The van der Waals surface area contributed by atoms with E-state index in [9.17, 15) is 9.59 Å². The van der Waals surface area contributed by atoms with Crippen LogP contribution in [0, 0.1) is 13.8 Å². The molecule has 0 bridgehead atoms. The molecule has 0 atom stereocenters. The molecule has 2 amide bonds. The number of imide groups is 1. The van der Waals surface area contributed by atoms with Crippen molar-refractivity contribution in [1.29, 1.82) is 0 Å². The van der Waals surface area contributed by atoms with Crippen molar-refractivity contribution in [3.05, 3.63) is 75.4 Å². The number of rotatable bonds is 5. The molecule has 0 saturated carbocycles. The highest BCUT2D eigenvalue weighted by molar-refractivity contribution is 6.35. The molecule has 168 valence electrons. The van der Waals surface area contributed by atoms with E-state index >= 15 is 0 Å². The summed E-state index contributed by atoms with van der Waals surface area (Å²) in [6, 6.07) is 13.6. The first-order valence-corrected chi connectivity index (χ1v) is 11.5. The number of aryl methyl sites for hydroxylation is 2. The zero-order valence-electron chi connectivity index (χ0n) is 19.2. The number of hydrogen-bond acceptors (Lipinski definition) is 4.